The maximum absolute atomic E-state index is 13.5. The minimum atomic E-state index is -0.843. The number of amides is 1. The van der Waals surface area contributed by atoms with Crippen LogP contribution in [0.4, 0.5) is 5.69 Å². The molecule has 1 unspecified atom stereocenters. The minimum Gasteiger partial charge on any atom is -0.507 e. The maximum Gasteiger partial charge on any atom is 0.300 e. The normalized spacial score (nSPS) is 17.2. The lowest BCUT2D eigenvalue weighted by Crippen LogP contribution is -2.29. The Morgan fingerprint density at radius 2 is 1.78 bits per heavy atom. The Balaban J connectivity index is 1.69. The van der Waals surface area contributed by atoms with Gasteiger partial charge in [0, 0.05) is 23.3 Å². The Hall–Kier alpha value is -4.45. The van der Waals surface area contributed by atoms with E-state index in [0.29, 0.717) is 35.1 Å². The molecule has 1 aliphatic rings. The number of ketones is 1. The summed E-state index contributed by atoms with van der Waals surface area (Å²) in [6, 6.07) is 23.0. The number of nitrogens with zero attached hydrogens (tertiary/aromatic N) is 2. The van der Waals surface area contributed by atoms with Gasteiger partial charge in [0.2, 0.25) is 0 Å². The van der Waals surface area contributed by atoms with Crippen LogP contribution in [0.1, 0.15) is 31.0 Å². The van der Waals surface area contributed by atoms with Crippen molar-refractivity contribution in [1.29, 1.82) is 0 Å². The lowest BCUT2D eigenvalue weighted by Gasteiger charge is -2.26. The summed E-state index contributed by atoms with van der Waals surface area (Å²) in [6.45, 7) is 4.62. The van der Waals surface area contributed by atoms with E-state index in [1.807, 2.05) is 56.3 Å². The van der Waals surface area contributed by atoms with Crippen molar-refractivity contribution in [3.8, 4) is 5.75 Å². The van der Waals surface area contributed by atoms with E-state index in [9.17, 15) is 14.7 Å². The summed E-state index contributed by atoms with van der Waals surface area (Å²) < 4.78 is 5.81. The van der Waals surface area contributed by atoms with Gasteiger partial charge in [-0.2, -0.15) is 0 Å². The zero-order valence-corrected chi connectivity index (χ0v) is 20.1. The summed E-state index contributed by atoms with van der Waals surface area (Å²) in [5.74, 6) is -0.787. The lowest BCUT2D eigenvalue weighted by molar-refractivity contribution is -0.132. The summed E-state index contributed by atoms with van der Waals surface area (Å²) in [6.07, 6.45) is 3.24. The average Bonchev–Trinajstić information content (AvgIpc) is 3.17. The fourth-order valence-corrected chi connectivity index (χ4v) is 4.50. The molecule has 1 atom stereocenters. The van der Waals surface area contributed by atoms with E-state index >= 15 is 0 Å². The highest BCUT2D eigenvalue weighted by Gasteiger charge is 2.47. The predicted octanol–water partition coefficient (Wildman–Crippen LogP) is 5.90. The Labute approximate surface area is 209 Å². The second-order valence-corrected chi connectivity index (χ2v) is 9.19. The van der Waals surface area contributed by atoms with E-state index < -0.39 is 17.7 Å². The van der Waals surface area contributed by atoms with Crippen LogP contribution in [0.3, 0.4) is 0 Å². The van der Waals surface area contributed by atoms with Crippen LogP contribution in [0.2, 0.25) is 0 Å². The molecule has 1 saturated heterocycles. The Kier molecular flexibility index (Phi) is 6.25. The van der Waals surface area contributed by atoms with Crippen LogP contribution < -0.4 is 9.64 Å². The standard InChI is InChI=1S/C30H26N2O4/c1-19(2)18-36-23-12-5-10-21(16-23)28(33)26-27(22-11-7-15-31-17-22)32(30(35)29(26)34)25-14-6-9-20-8-3-4-13-24(20)25/h3-17,19,27,33H,18H2,1-2H3/b28-26+. The molecular formula is C30H26N2O4. The SMILES string of the molecule is CC(C)COc1cccc(/C(O)=C2\C(=O)C(=O)N(c3cccc4ccccc34)C2c2cccnc2)c1. The van der Waals surface area contributed by atoms with Crippen molar-refractivity contribution >= 4 is 33.9 Å². The van der Waals surface area contributed by atoms with Crippen LogP contribution in [-0.4, -0.2) is 28.4 Å². The average molecular weight is 479 g/mol. The smallest absolute Gasteiger partial charge is 0.300 e. The molecule has 1 aliphatic heterocycles. The van der Waals surface area contributed by atoms with Crippen LogP contribution in [0.15, 0.2) is 96.8 Å². The molecule has 0 bridgehead atoms. The number of carbonyl (C=O) groups is 2. The summed E-state index contributed by atoms with van der Waals surface area (Å²) in [7, 11) is 0. The monoisotopic (exact) mass is 478 g/mol. The van der Waals surface area contributed by atoms with E-state index in [1.54, 1.807) is 48.8 Å². The molecule has 6 heteroatoms. The predicted molar refractivity (Wildman–Crippen MR) is 140 cm³/mol. The molecule has 180 valence electrons. The lowest BCUT2D eigenvalue weighted by atomic mass is 9.95. The van der Waals surface area contributed by atoms with Crippen molar-refractivity contribution in [2.75, 3.05) is 11.5 Å². The van der Waals surface area contributed by atoms with Gasteiger partial charge in [0.25, 0.3) is 11.7 Å². The van der Waals surface area contributed by atoms with Gasteiger partial charge < -0.3 is 9.84 Å². The second kappa shape index (κ2) is 9.66. The number of carbonyl (C=O) groups excluding carboxylic acids is 2. The fraction of sp³-hybridized carbons (Fsp3) is 0.167. The maximum atomic E-state index is 13.5. The Bertz CT molecular complexity index is 1470. The van der Waals surface area contributed by atoms with Crippen LogP contribution in [0, 0.1) is 5.92 Å². The highest BCUT2D eigenvalue weighted by atomic mass is 16.5. The number of benzene rings is 3. The van der Waals surface area contributed by atoms with Gasteiger partial charge in [-0.25, -0.2) is 0 Å². The number of hydrogen-bond acceptors (Lipinski definition) is 5. The molecule has 1 fully saturated rings. The number of aliphatic hydroxyl groups is 1. The van der Waals surface area contributed by atoms with Crippen molar-refractivity contribution in [3.63, 3.8) is 0 Å². The first-order valence-corrected chi connectivity index (χ1v) is 11.9. The van der Waals surface area contributed by atoms with Crippen molar-refractivity contribution in [3.05, 3.63) is 108 Å². The largest absolute Gasteiger partial charge is 0.507 e. The summed E-state index contributed by atoms with van der Waals surface area (Å²) >= 11 is 0. The van der Waals surface area contributed by atoms with Gasteiger partial charge in [0.05, 0.1) is 23.9 Å². The van der Waals surface area contributed by atoms with Crippen LogP contribution in [0.25, 0.3) is 16.5 Å². The van der Waals surface area contributed by atoms with Gasteiger partial charge in [-0.1, -0.05) is 68.4 Å². The van der Waals surface area contributed by atoms with E-state index in [-0.39, 0.29) is 11.3 Å². The molecule has 3 aromatic carbocycles. The van der Waals surface area contributed by atoms with Crippen molar-refractivity contribution in [1.82, 2.24) is 4.98 Å². The summed E-state index contributed by atoms with van der Waals surface area (Å²) in [4.78, 5) is 32.7. The number of aromatic nitrogens is 1. The second-order valence-electron chi connectivity index (χ2n) is 9.19. The van der Waals surface area contributed by atoms with Crippen molar-refractivity contribution in [2.24, 2.45) is 5.92 Å². The third-order valence-corrected chi connectivity index (χ3v) is 6.16. The highest BCUT2D eigenvalue weighted by Crippen LogP contribution is 2.44. The molecule has 0 spiro atoms. The number of aliphatic hydroxyl groups excluding tert-OH is 1. The van der Waals surface area contributed by atoms with Crippen LogP contribution in [-0.2, 0) is 9.59 Å². The van der Waals surface area contributed by atoms with Gasteiger partial charge in [0.1, 0.15) is 11.5 Å². The summed E-state index contributed by atoms with van der Waals surface area (Å²) in [5, 5.41) is 13.2. The fourth-order valence-electron chi connectivity index (χ4n) is 4.50. The van der Waals surface area contributed by atoms with Gasteiger partial charge in [-0.05, 0) is 41.1 Å². The van der Waals surface area contributed by atoms with Crippen molar-refractivity contribution in [2.45, 2.75) is 19.9 Å². The molecule has 1 aromatic heterocycles. The number of rotatable bonds is 6. The van der Waals surface area contributed by atoms with E-state index in [1.165, 1.54) is 4.90 Å². The molecule has 6 nitrogen and oxygen atoms in total. The highest BCUT2D eigenvalue weighted by molar-refractivity contribution is 6.52. The number of anilines is 1. The molecule has 2 heterocycles. The van der Waals surface area contributed by atoms with Gasteiger partial charge in [-0.3, -0.25) is 19.5 Å². The van der Waals surface area contributed by atoms with Gasteiger partial charge in [0.15, 0.2) is 0 Å². The van der Waals surface area contributed by atoms with Crippen LogP contribution in [0.5, 0.6) is 5.75 Å². The number of ether oxygens (including phenoxy) is 1. The van der Waals surface area contributed by atoms with Crippen LogP contribution >= 0.6 is 0 Å². The zero-order valence-electron chi connectivity index (χ0n) is 20.1. The third-order valence-electron chi connectivity index (χ3n) is 6.16. The van der Waals surface area contributed by atoms with E-state index in [0.717, 1.165) is 10.8 Å². The third kappa shape index (κ3) is 4.22. The van der Waals surface area contributed by atoms with Gasteiger partial charge >= 0.3 is 0 Å². The molecule has 0 aliphatic carbocycles. The van der Waals surface area contributed by atoms with Crippen molar-refractivity contribution < 1.29 is 19.4 Å². The summed E-state index contributed by atoms with van der Waals surface area (Å²) in [5.41, 5.74) is 1.64. The first-order chi connectivity index (χ1) is 17.5. The molecular weight excluding hydrogens is 452 g/mol. The first-order valence-electron chi connectivity index (χ1n) is 11.9. The molecule has 1 amide bonds. The molecule has 0 saturated carbocycles. The van der Waals surface area contributed by atoms with Gasteiger partial charge in [-0.15, -0.1) is 0 Å². The minimum absolute atomic E-state index is 0.0157. The topological polar surface area (TPSA) is 79.7 Å². The number of Topliss-reactive ketones (excluding diaryl/α,β-unsaturated/α-hetero) is 1. The number of hydrogen-bond donors (Lipinski definition) is 1. The first kappa shape index (κ1) is 23.3. The quantitative estimate of drug-likeness (QED) is 0.212. The Morgan fingerprint density at radius 3 is 2.56 bits per heavy atom. The molecule has 36 heavy (non-hydrogen) atoms. The molecule has 5 rings (SSSR count). The zero-order chi connectivity index (χ0) is 25.2. The number of fused-ring (bicyclic) bond motifs is 1. The van der Waals surface area contributed by atoms with E-state index in [2.05, 4.69) is 4.98 Å². The van der Waals surface area contributed by atoms with E-state index in [4.69, 9.17) is 4.74 Å². The Morgan fingerprint density at radius 1 is 1.00 bits per heavy atom. The molecule has 0 radical (unpaired) electrons. The molecule has 1 N–H and O–H groups in total. The molecule has 4 aromatic rings. The number of pyridine rings is 1.